The van der Waals surface area contributed by atoms with Crippen molar-refractivity contribution in [2.75, 3.05) is 19.8 Å². The molecule has 0 bridgehead atoms. The van der Waals surface area contributed by atoms with Crippen molar-refractivity contribution < 1.29 is 23.2 Å². The zero-order chi connectivity index (χ0) is 25.7. The van der Waals surface area contributed by atoms with Crippen molar-refractivity contribution in [3.8, 4) is 5.75 Å². The van der Waals surface area contributed by atoms with E-state index in [1.54, 1.807) is 0 Å². The summed E-state index contributed by atoms with van der Waals surface area (Å²) in [6.07, 6.45) is 20.7. The summed E-state index contributed by atoms with van der Waals surface area (Å²) in [5.74, 6) is 0.735. The van der Waals surface area contributed by atoms with E-state index in [0.717, 1.165) is 35.8 Å². The van der Waals surface area contributed by atoms with Gasteiger partial charge in [-0.2, -0.15) is 0 Å². The largest absolute Gasteiger partial charge is 0.491 e. The summed E-state index contributed by atoms with van der Waals surface area (Å²) in [4.78, 5) is 9.86. The summed E-state index contributed by atoms with van der Waals surface area (Å²) in [7, 11) is -4.03. The van der Waals surface area contributed by atoms with Gasteiger partial charge in [-0.05, 0) is 17.9 Å². The standard InChI is InChI=1S/C30H49O5P/c1-2-3-4-5-6-7-8-9-10-11-12-13-14-15-16-19-25-34-36(31,32)35-27-26-33-30-24-20-22-28-21-17-18-23-29(28)30/h17-18,20-24H,2-16,19,25-27H2,1H3,(H,31,32). The SMILES string of the molecule is CCCCCCCCCCCCCCCCCCOP(=O)(O)OCCOc1cccc2ccccc12. The first-order chi connectivity index (χ1) is 17.6. The van der Waals surface area contributed by atoms with Crippen LogP contribution in [-0.2, 0) is 13.6 Å². The molecule has 0 amide bonds. The van der Waals surface area contributed by atoms with Crippen LogP contribution in [0.4, 0.5) is 0 Å². The number of rotatable bonds is 23. The van der Waals surface area contributed by atoms with Gasteiger partial charge in [-0.25, -0.2) is 4.57 Å². The van der Waals surface area contributed by atoms with Crippen LogP contribution in [0, 0.1) is 0 Å². The molecule has 0 aliphatic heterocycles. The number of unbranched alkanes of at least 4 members (excludes halogenated alkanes) is 15. The Morgan fingerprint density at radius 2 is 1.11 bits per heavy atom. The molecule has 0 spiro atoms. The highest BCUT2D eigenvalue weighted by Crippen LogP contribution is 2.43. The molecule has 6 heteroatoms. The molecule has 0 aliphatic rings. The summed E-state index contributed by atoms with van der Waals surface area (Å²) in [6, 6.07) is 13.8. The second-order valence-corrected chi connectivity index (χ2v) is 11.2. The van der Waals surface area contributed by atoms with Crippen molar-refractivity contribution in [1.82, 2.24) is 0 Å². The zero-order valence-corrected chi connectivity index (χ0v) is 23.4. The second kappa shape index (κ2) is 19.7. The Morgan fingerprint density at radius 3 is 1.72 bits per heavy atom. The van der Waals surface area contributed by atoms with E-state index in [2.05, 4.69) is 6.92 Å². The van der Waals surface area contributed by atoms with Crippen molar-refractivity contribution >= 4 is 18.6 Å². The van der Waals surface area contributed by atoms with Crippen LogP contribution in [0.5, 0.6) is 5.75 Å². The number of fused-ring (bicyclic) bond motifs is 1. The van der Waals surface area contributed by atoms with Crippen LogP contribution in [0.1, 0.15) is 110 Å². The molecule has 204 valence electrons. The van der Waals surface area contributed by atoms with Gasteiger partial charge in [0.05, 0.1) is 13.2 Å². The fraction of sp³-hybridized carbons (Fsp3) is 0.667. The highest BCUT2D eigenvalue weighted by Gasteiger charge is 2.20. The predicted octanol–water partition coefficient (Wildman–Crippen LogP) is 9.61. The van der Waals surface area contributed by atoms with Crippen molar-refractivity contribution in [1.29, 1.82) is 0 Å². The maximum Gasteiger partial charge on any atom is 0.472 e. The van der Waals surface area contributed by atoms with E-state index < -0.39 is 7.82 Å². The lowest BCUT2D eigenvalue weighted by Gasteiger charge is -2.13. The molecule has 0 heterocycles. The summed E-state index contributed by atoms with van der Waals surface area (Å²) >= 11 is 0. The molecule has 36 heavy (non-hydrogen) atoms. The molecule has 0 radical (unpaired) electrons. The van der Waals surface area contributed by atoms with Crippen molar-refractivity contribution in [3.63, 3.8) is 0 Å². The molecule has 0 saturated carbocycles. The lowest BCUT2D eigenvalue weighted by Crippen LogP contribution is -2.07. The Labute approximate surface area is 219 Å². The van der Waals surface area contributed by atoms with E-state index in [-0.39, 0.29) is 19.8 Å². The van der Waals surface area contributed by atoms with E-state index in [1.807, 2.05) is 42.5 Å². The molecular formula is C30H49O5P. The lowest BCUT2D eigenvalue weighted by atomic mass is 10.0. The van der Waals surface area contributed by atoms with E-state index in [1.165, 1.54) is 83.5 Å². The van der Waals surface area contributed by atoms with Crippen LogP contribution in [0.15, 0.2) is 42.5 Å². The highest BCUT2D eigenvalue weighted by atomic mass is 31.2. The number of benzene rings is 2. The zero-order valence-electron chi connectivity index (χ0n) is 22.5. The van der Waals surface area contributed by atoms with Gasteiger partial charge in [-0.15, -0.1) is 0 Å². The quantitative estimate of drug-likeness (QED) is 0.117. The molecule has 2 aromatic carbocycles. The molecule has 1 N–H and O–H groups in total. The van der Waals surface area contributed by atoms with Gasteiger partial charge in [0.25, 0.3) is 0 Å². The summed E-state index contributed by atoms with van der Waals surface area (Å²) in [5, 5.41) is 2.10. The van der Waals surface area contributed by atoms with Crippen LogP contribution in [-0.4, -0.2) is 24.7 Å². The highest BCUT2D eigenvalue weighted by molar-refractivity contribution is 7.47. The monoisotopic (exact) mass is 520 g/mol. The third-order valence-corrected chi connectivity index (χ3v) is 7.62. The Kier molecular flexibility index (Phi) is 16.9. The van der Waals surface area contributed by atoms with Crippen molar-refractivity contribution in [2.24, 2.45) is 0 Å². The average Bonchev–Trinajstić information content (AvgIpc) is 2.88. The smallest absolute Gasteiger partial charge is 0.472 e. The average molecular weight is 521 g/mol. The minimum Gasteiger partial charge on any atom is -0.491 e. The van der Waals surface area contributed by atoms with Gasteiger partial charge in [-0.3, -0.25) is 9.05 Å². The normalized spacial score (nSPS) is 13.2. The van der Waals surface area contributed by atoms with Crippen molar-refractivity contribution in [3.05, 3.63) is 42.5 Å². The van der Waals surface area contributed by atoms with Crippen LogP contribution in [0.3, 0.4) is 0 Å². The van der Waals surface area contributed by atoms with E-state index in [4.69, 9.17) is 13.8 Å². The van der Waals surface area contributed by atoms with Gasteiger partial charge in [0.15, 0.2) is 0 Å². The number of phosphoric ester groups is 1. The fourth-order valence-electron chi connectivity index (χ4n) is 4.49. The molecule has 2 aromatic rings. The molecule has 1 unspecified atom stereocenters. The van der Waals surface area contributed by atoms with Crippen molar-refractivity contribution in [2.45, 2.75) is 110 Å². The van der Waals surface area contributed by atoms with Gasteiger partial charge < -0.3 is 9.63 Å². The first-order valence-corrected chi connectivity index (χ1v) is 15.8. The Morgan fingerprint density at radius 1 is 0.611 bits per heavy atom. The van der Waals surface area contributed by atoms with Crippen LogP contribution < -0.4 is 4.74 Å². The second-order valence-electron chi connectivity index (χ2n) is 9.76. The summed E-state index contributed by atoms with van der Waals surface area (Å²) < 4.78 is 28.0. The summed E-state index contributed by atoms with van der Waals surface area (Å²) in [6.45, 7) is 2.70. The van der Waals surface area contributed by atoms with Gasteiger partial charge in [-0.1, -0.05) is 140 Å². The Hall–Kier alpha value is -1.39. The number of hydrogen-bond acceptors (Lipinski definition) is 4. The number of ether oxygens (including phenoxy) is 1. The first kappa shape index (κ1) is 30.8. The van der Waals surface area contributed by atoms with E-state index >= 15 is 0 Å². The third-order valence-electron chi connectivity index (χ3n) is 6.60. The van der Waals surface area contributed by atoms with Gasteiger partial charge in [0.1, 0.15) is 12.4 Å². The fourth-order valence-corrected chi connectivity index (χ4v) is 5.23. The molecule has 1 atom stereocenters. The minimum atomic E-state index is -4.03. The minimum absolute atomic E-state index is 0.00401. The number of phosphoric acid groups is 1. The molecule has 0 aromatic heterocycles. The van der Waals surface area contributed by atoms with Crippen LogP contribution >= 0.6 is 7.82 Å². The Balaban J connectivity index is 1.37. The molecule has 0 aliphatic carbocycles. The molecule has 0 fully saturated rings. The predicted molar refractivity (Wildman–Crippen MR) is 151 cm³/mol. The Bertz CT molecular complexity index is 851. The topological polar surface area (TPSA) is 65.0 Å². The molecule has 0 saturated heterocycles. The lowest BCUT2D eigenvalue weighted by molar-refractivity contribution is 0.128. The van der Waals surface area contributed by atoms with Gasteiger partial charge >= 0.3 is 7.82 Å². The summed E-state index contributed by atoms with van der Waals surface area (Å²) in [5.41, 5.74) is 0. The maximum atomic E-state index is 12.1. The van der Waals surface area contributed by atoms with E-state index in [9.17, 15) is 9.46 Å². The number of hydrogen-bond donors (Lipinski definition) is 1. The third kappa shape index (κ3) is 14.4. The van der Waals surface area contributed by atoms with Gasteiger partial charge in [0.2, 0.25) is 0 Å². The molecule has 2 rings (SSSR count). The van der Waals surface area contributed by atoms with Crippen LogP contribution in [0.25, 0.3) is 10.8 Å². The first-order valence-electron chi connectivity index (χ1n) is 14.3. The molecule has 5 nitrogen and oxygen atoms in total. The maximum absolute atomic E-state index is 12.1. The van der Waals surface area contributed by atoms with Gasteiger partial charge in [0, 0.05) is 5.39 Å². The van der Waals surface area contributed by atoms with E-state index in [0.29, 0.717) is 0 Å². The molecular weight excluding hydrogens is 471 g/mol. The van der Waals surface area contributed by atoms with Crippen LogP contribution in [0.2, 0.25) is 0 Å².